The topological polar surface area (TPSA) is 55.0 Å². The molecule has 0 aliphatic carbocycles. The predicted octanol–water partition coefficient (Wildman–Crippen LogP) is 2.35. The van der Waals surface area contributed by atoms with Crippen molar-refractivity contribution in [3.8, 4) is 0 Å². The molecule has 0 unspecified atom stereocenters. The monoisotopic (exact) mass is 264 g/mol. The van der Waals surface area contributed by atoms with Gasteiger partial charge in [0.15, 0.2) is 0 Å². The van der Waals surface area contributed by atoms with Crippen molar-refractivity contribution in [2.24, 2.45) is 5.73 Å². The molecular formula is C11H12N4S2. The molecular weight excluding hydrogens is 252 g/mol. The van der Waals surface area contributed by atoms with E-state index in [0.29, 0.717) is 18.0 Å². The summed E-state index contributed by atoms with van der Waals surface area (Å²) in [5.74, 6) is 0. The van der Waals surface area contributed by atoms with E-state index in [1.165, 1.54) is 11.5 Å². The zero-order chi connectivity index (χ0) is 12.1. The number of hydrogen-bond acceptors (Lipinski definition) is 5. The molecule has 0 saturated carbocycles. The van der Waals surface area contributed by atoms with Gasteiger partial charge in [-0.1, -0.05) is 30.4 Å². The van der Waals surface area contributed by atoms with Crippen LogP contribution in [0, 0.1) is 0 Å². The van der Waals surface area contributed by atoms with Crippen molar-refractivity contribution in [1.82, 2.24) is 9.36 Å². The normalized spacial score (nSPS) is 10.1. The average Bonchev–Trinajstić information content (AvgIpc) is 2.84. The highest BCUT2D eigenvalue weighted by atomic mass is 32.1. The van der Waals surface area contributed by atoms with Crippen LogP contribution in [0.3, 0.4) is 0 Å². The Balaban J connectivity index is 2.22. The minimum atomic E-state index is 0.510. The summed E-state index contributed by atoms with van der Waals surface area (Å²) in [6.45, 7) is 0.717. The highest BCUT2D eigenvalue weighted by molar-refractivity contribution is 7.80. The van der Waals surface area contributed by atoms with Crippen LogP contribution in [0.4, 0.5) is 10.8 Å². The fourth-order valence-corrected chi connectivity index (χ4v) is 2.12. The van der Waals surface area contributed by atoms with Gasteiger partial charge in [0.05, 0.1) is 4.99 Å². The lowest BCUT2D eigenvalue weighted by Gasteiger charge is -2.20. The number of thiocarbonyl (C=S) groups is 1. The van der Waals surface area contributed by atoms with Gasteiger partial charge < -0.3 is 10.6 Å². The first-order chi connectivity index (χ1) is 8.27. The van der Waals surface area contributed by atoms with Crippen LogP contribution in [0.15, 0.2) is 36.7 Å². The number of para-hydroxylation sites is 1. The van der Waals surface area contributed by atoms with Crippen molar-refractivity contribution >= 4 is 39.6 Å². The van der Waals surface area contributed by atoms with E-state index in [9.17, 15) is 0 Å². The Hall–Kier alpha value is -1.53. The SMILES string of the molecule is NC(=S)CCN(c1ccccc1)c1ncns1. The number of rotatable bonds is 5. The number of anilines is 2. The van der Waals surface area contributed by atoms with Crippen molar-refractivity contribution in [1.29, 1.82) is 0 Å². The summed E-state index contributed by atoms with van der Waals surface area (Å²) in [5.41, 5.74) is 6.61. The Bertz CT molecular complexity index is 469. The first kappa shape index (κ1) is 11.9. The molecule has 0 spiro atoms. The predicted molar refractivity (Wildman–Crippen MR) is 74.8 cm³/mol. The largest absolute Gasteiger partial charge is 0.393 e. The molecule has 0 fully saturated rings. The highest BCUT2D eigenvalue weighted by Crippen LogP contribution is 2.25. The lowest BCUT2D eigenvalue weighted by molar-refractivity contribution is 0.959. The fourth-order valence-electron chi connectivity index (χ4n) is 1.45. The standard InChI is InChI=1S/C11H12N4S2/c12-10(16)6-7-15(11-13-8-14-17-11)9-4-2-1-3-5-9/h1-5,8H,6-7H2,(H2,12,16). The zero-order valence-electron chi connectivity index (χ0n) is 9.11. The molecule has 0 aliphatic heterocycles. The van der Waals surface area contributed by atoms with E-state index in [1.807, 2.05) is 30.3 Å². The summed E-state index contributed by atoms with van der Waals surface area (Å²) in [7, 11) is 0. The summed E-state index contributed by atoms with van der Waals surface area (Å²) in [4.78, 5) is 6.80. The van der Waals surface area contributed by atoms with E-state index in [-0.39, 0.29) is 0 Å². The van der Waals surface area contributed by atoms with Crippen LogP contribution < -0.4 is 10.6 Å². The van der Waals surface area contributed by atoms with Gasteiger partial charge in [-0.2, -0.15) is 4.37 Å². The van der Waals surface area contributed by atoms with Crippen molar-refractivity contribution in [2.75, 3.05) is 11.4 Å². The van der Waals surface area contributed by atoms with Crippen LogP contribution in [0.25, 0.3) is 0 Å². The van der Waals surface area contributed by atoms with Gasteiger partial charge in [0.2, 0.25) is 5.13 Å². The molecule has 1 aromatic carbocycles. The van der Waals surface area contributed by atoms with Crippen LogP contribution >= 0.6 is 23.8 Å². The molecule has 1 aromatic heterocycles. The average molecular weight is 264 g/mol. The molecule has 88 valence electrons. The first-order valence-electron chi connectivity index (χ1n) is 5.15. The molecule has 17 heavy (non-hydrogen) atoms. The van der Waals surface area contributed by atoms with Crippen molar-refractivity contribution in [3.05, 3.63) is 36.7 Å². The quantitative estimate of drug-likeness (QED) is 0.840. The van der Waals surface area contributed by atoms with E-state index < -0.39 is 0 Å². The van der Waals surface area contributed by atoms with Crippen LogP contribution in [-0.2, 0) is 0 Å². The zero-order valence-corrected chi connectivity index (χ0v) is 10.7. The maximum Gasteiger partial charge on any atom is 0.209 e. The van der Waals surface area contributed by atoms with E-state index >= 15 is 0 Å². The van der Waals surface area contributed by atoms with E-state index in [0.717, 1.165) is 10.8 Å². The van der Waals surface area contributed by atoms with E-state index in [1.54, 1.807) is 6.33 Å². The van der Waals surface area contributed by atoms with Gasteiger partial charge in [0.25, 0.3) is 0 Å². The molecule has 1 heterocycles. The van der Waals surface area contributed by atoms with Gasteiger partial charge in [-0.05, 0) is 12.1 Å². The van der Waals surface area contributed by atoms with Crippen LogP contribution in [0.1, 0.15) is 6.42 Å². The summed E-state index contributed by atoms with van der Waals surface area (Å²) in [6.07, 6.45) is 2.21. The molecule has 0 saturated heterocycles. The first-order valence-corrected chi connectivity index (χ1v) is 6.33. The highest BCUT2D eigenvalue weighted by Gasteiger charge is 2.11. The van der Waals surface area contributed by atoms with Crippen molar-refractivity contribution in [3.63, 3.8) is 0 Å². The molecule has 2 N–H and O–H groups in total. The molecule has 0 radical (unpaired) electrons. The minimum absolute atomic E-state index is 0.510. The molecule has 0 atom stereocenters. The van der Waals surface area contributed by atoms with Gasteiger partial charge in [-0.15, -0.1) is 0 Å². The number of nitrogens with two attached hydrogens (primary N) is 1. The van der Waals surface area contributed by atoms with Crippen LogP contribution in [0.5, 0.6) is 0 Å². The second kappa shape index (κ2) is 5.70. The second-order valence-electron chi connectivity index (χ2n) is 3.43. The molecule has 2 aromatic rings. The lowest BCUT2D eigenvalue weighted by atomic mass is 10.3. The van der Waals surface area contributed by atoms with Gasteiger partial charge in [-0.3, -0.25) is 0 Å². The second-order valence-corrected chi connectivity index (χ2v) is 4.71. The van der Waals surface area contributed by atoms with Crippen LogP contribution in [0.2, 0.25) is 0 Å². The third-order valence-corrected chi connectivity index (χ3v) is 3.12. The third kappa shape index (κ3) is 3.21. The van der Waals surface area contributed by atoms with Crippen molar-refractivity contribution < 1.29 is 0 Å². The third-order valence-electron chi connectivity index (χ3n) is 2.23. The van der Waals surface area contributed by atoms with Gasteiger partial charge in [0, 0.05) is 30.2 Å². The van der Waals surface area contributed by atoms with Crippen LogP contribution in [-0.4, -0.2) is 20.9 Å². The Morgan fingerprint density at radius 2 is 2.12 bits per heavy atom. The molecule has 4 nitrogen and oxygen atoms in total. The summed E-state index contributed by atoms with van der Waals surface area (Å²) in [5, 5.41) is 0.854. The summed E-state index contributed by atoms with van der Waals surface area (Å²) >= 11 is 6.27. The number of aromatic nitrogens is 2. The minimum Gasteiger partial charge on any atom is -0.393 e. The fraction of sp³-hybridized carbons (Fsp3) is 0.182. The number of benzene rings is 1. The lowest BCUT2D eigenvalue weighted by Crippen LogP contribution is -2.22. The molecule has 6 heteroatoms. The Morgan fingerprint density at radius 1 is 1.35 bits per heavy atom. The summed E-state index contributed by atoms with van der Waals surface area (Å²) < 4.78 is 4.02. The van der Waals surface area contributed by atoms with Gasteiger partial charge in [0.1, 0.15) is 6.33 Å². The molecule has 0 bridgehead atoms. The molecule has 0 amide bonds. The van der Waals surface area contributed by atoms with Crippen molar-refractivity contribution in [2.45, 2.75) is 6.42 Å². The number of nitrogens with zero attached hydrogens (tertiary/aromatic N) is 3. The van der Waals surface area contributed by atoms with E-state index in [2.05, 4.69) is 14.3 Å². The maximum atomic E-state index is 5.54. The van der Waals surface area contributed by atoms with E-state index in [4.69, 9.17) is 18.0 Å². The van der Waals surface area contributed by atoms with Gasteiger partial charge >= 0.3 is 0 Å². The summed E-state index contributed by atoms with van der Waals surface area (Å²) in [6, 6.07) is 10.0. The Morgan fingerprint density at radius 3 is 2.71 bits per heavy atom. The molecule has 0 aliphatic rings. The Kier molecular flexibility index (Phi) is 4.00. The molecule has 2 rings (SSSR count). The maximum absolute atomic E-state index is 5.54. The Labute approximate surface area is 109 Å². The number of hydrogen-bond donors (Lipinski definition) is 1. The van der Waals surface area contributed by atoms with Gasteiger partial charge in [-0.25, -0.2) is 4.98 Å². The smallest absolute Gasteiger partial charge is 0.209 e.